The van der Waals surface area contributed by atoms with E-state index in [9.17, 15) is 4.79 Å². The van der Waals surface area contributed by atoms with Crippen molar-refractivity contribution < 1.29 is 14.3 Å². The van der Waals surface area contributed by atoms with Crippen molar-refractivity contribution in [3.63, 3.8) is 0 Å². The fourth-order valence-electron chi connectivity index (χ4n) is 3.53. The van der Waals surface area contributed by atoms with Crippen LogP contribution in [0, 0.1) is 0 Å². The molecule has 1 aromatic rings. The summed E-state index contributed by atoms with van der Waals surface area (Å²) in [5, 5.41) is 1.10. The first-order valence-corrected chi connectivity index (χ1v) is 8.36. The summed E-state index contributed by atoms with van der Waals surface area (Å²) in [4.78, 5) is 15.6. The zero-order valence-corrected chi connectivity index (χ0v) is 14.8. The first-order chi connectivity index (χ1) is 10.9. The highest BCUT2D eigenvalue weighted by Crippen LogP contribution is 2.36. The Labute approximate surface area is 146 Å². The fraction of sp³-hybridized carbons (Fsp3) is 0.562. The number of likely N-dealkylation sites (tertiary alicyclic amines) is 1. The Morgan fingerprint density at radius 2 is 2.13 bits per heavy atom. The summed E-state index contributed by atoms with van der Waals surface area (Å²) in [6.07, 6.45) is 1.64. The van der Waals surface area contributed by atoms with Crippen LogP contribution >= 0.6 is 23.2 Å². The van der Waals surface area contributed by atoms with Gasteiger partial charge in [-0.05, 0) is 31.5 Å². The molecule has 2 aliphatic rings. The standard InChI is InChI=1S/C16H20Cl2N2O3/c1-19-9-16(23-15(19)21)4-3-5-20(10-16)8-11-6-12(17)7-13(18)14(11)22-2/h6-7H,3-5,8-10H2,1-2H3. The molecule has 2 fully saturated rings. The summed E-state index contributed by atoms with van der Waals surface area (Å²) in [5.74, 6) is 0.649. The summed E-state index contributed by atoms with van der Waals surface area (Å²) in [6.45, 7) is 2.94. The molecule has 1 atom stereocenters. The number of carbonyl (C=O) groups excluding carboxylic acids is 1. The molecular weight excluding hydrogens is 339 g/mol. The van der Waals surface area contributed by atoms with E-state index in [1.807, 2.05) is 6.07 Å². The SMILES string of the molecule is COc1c(Cl)cc(Cl)cc1CN1CCCC2(C1)CN(C)C(=O)O2. The van der Waals surface area contributed by atoms with E-state index < -0.39 is 5.60 Å². The molecule has 126 valence electrons. The van der Waals surface area contributed by atoms with Gasteiger partial charge < -0.3 is 14.4 Å². The van der Waals surface area contributed by atoms with E-state index in [4.69, 9.17) is 32.7 Å². The number of nitrogens with zero attached hydrogens (tertiary/aromatic N) is 2. The van der Waals surface area contributed by atoms with Gasteiger partial charge in [0.25, 0.3) is 0 Å². The van der Waals surface area contributed by atoms with Gasteiger partial charge in [0.1, 0.15) is 11.4 Å². The van der Waals surface area contributed by atoms with Gasteiger partial charge in [-0.1, -0.05) is 23.2 Å². The maximum absolute atomic E-state index is 11.7. The van der Waals surface area contributed by atoms with Crippen LogP contribution < -0.4 is 4.74 Å². The molecule has 5 nitrogen and oxygen atoms in total. The lowest BCUT2D eigenvalue weighted by atomic mass is 9.92. The Morgan fingerprint density at radius 3 is 2.78 bits per heavy atom. The average Bonchev–Trinajstić information content (AvgIpc) is 2.72. The zero-order chi connectivity index (χ0) is 16.6. The van der Waals surface area contributed by atoms with E-state index in [1.165, 1.54) is 0 Å². The molecule has 2 aliphatic heterocycles. The smallest absolute Gasteiger partial charge is 0.410 e. The summed E-state index contributed by atoms with van der Waals surface area (Å²) in [6, 6.07) is 3.55. The number of rotatable bonds is 3. The molecule has 1 spiro atoms. The van der Waals surface area contributed by atoms with Crippen molar-refractivity contribution in [2.75, 3.05) is 33.8 Å². The second-order valence-corrected chi connectivity index (χ2v) is 7.14. The van der Waals surface area contributed by atoms with Crippen molar-refractivity contribution in [1.29, 1.82) is 0 Å². The lowest BCUT2D eigenvalue weighted by molar-refractivity contribution is -0.0115. The topological polar surface area (TPSA) is 42.0 Å². The molecule has 0 bridgehead atoms. The second kappa shape index (κ2) is 6.38. The fourth-order valence-corrected chi connectivity index (χ4v) is 4.14. The second-order valence-electron chi connectivity index (χ2n) is 6.30. The van der Waals surface area contributed by atoms with Crippen LogP contribution in [0.5, 0.6) is 5.75 Å². The van der Waals surface area contributed by atoms with Crippen LogP contribution in [0.4, 0.5) is 4.79 Å². The molecule has 1 aromatic carbocycles. The molecule has 7 heteroatoms. The van der Waals surface area contributed by atoms with Crippen LogP contribution in [0.2, 0.25) is 10.0 Å². The molecule has 2 heterocycles. The monoisotopic (exact) mass is 358 g/mol. The predicted octanol–water partition coefficient (Wildman–Crippen LogP) is 3.42. The predicted molar refractivity (Wildman–Crippen MR) is 89.4 cm³/mol. The quantitative estimate of drug-likeness (QED) is 0.830. The molecule has 2 saturated heterocycles. The number of ether oxygens (including phenoxy) is 2. The average molecular weight is 359 g/mol. The van der Waals surface area contributed by atoms with Gasteiger partial charge in [0, 0.05) is 30.7 Å². The van der Waals surface area contributed by atoms with Crippen LogP contribution in [-0.4, -0.2) is 55.3 Å². The molecule has 0 aliphatic carbocycles. The number of hydrogen-bond acceptors (Lipinski definition) is 4. The molecule has 0 radical (unpaired) electrons. The third kappa shape index (κ3) is 3.37. The summed E-state index contributed by atoms with van der Waals surface area (Å²) in [5.41, 5.74) is 0.541. The number of benzene rings is 1. The Morgan fingerprint density at radius 1 is 1.35 bits per heavy atom. The number of likely N-dealkylation sites (N-methyl/N-ethyl adjacent to an activating group) is 1. The lowest BCUT2D eigenvalue weighted by Crippen LogP contribution is -2.50. The number of halogens is 2. The normalized spacial score (nSPS) is 25.0. The Hall–Kier alpha value is -1.17. The maximum atomic E-state index is 11.7. The van der Waals surface area contributed by atoms with Crippen LogP contribution in [0.1, 0.15) is 18.4 Å². The third-order valence-electron chi connectivity index (χ3n) is 4.44. The molecule has 1 amide bonds. The number of amides is 1. The molecule has 23 heavy (non-hydrogen) atoms. The number of piperidine rings is 1. The number of methoxy groups -OCH3 is 1. The van der Waals surface area contributed by atoms with Gasteiger partial charge in [-0.3, -0.25) is 4.90 Å². The van der Waals surface area contributed by atoms with Gasteiger partial charge in [-0.15, -0.1) is 0 Å². The molecular formula is C16H20Cl2N2O3. The first kappa shape index (κ1) is 16.7. The molecule has 0 N–H and O–H groups in total. The highest BCUT2D eigenvalue weighted by atomic mass is 35.5. The van der Waals surface area contributed by atoms with Crippen molar-refractivity contribution in [3.8, 4) is 5.75 Å². The van der Waals surface area contributed by atoms with E-state index in [2.05, 4.69) is 4.90 Å². The van der Waals surface area contributed by atoms with E-state index in [0.717, 1.165) is 24.9 Å². The van der Waals surface area contributed by atoms with E-state index in [-0.39, 0.29) is 6.09 Å². The van der Waals surface area contributed by atoms with Crippen molar-refractivity contribution in [1.82, 2.24) is 9.80 Å². The van der Waals surface area contributed by atoms with Crippen LogP contribution in [0.3, 0.4) is 0 Å². The van der Waals surface area contributed by atoms with Crippen molar-refractivity contribution in [2.24, 2.45) is 0 Å². The third-order valence-corrected chi connectivity index (χ3v) is 4.94. The highest BCUT2D eigenvalue weighted by molar-refractivity contribution is 6.35. The van der Waals surface area contributed by atoms with Gasteiger partial charge in [0.2, 0.25) is 0 Å². The van der Waals surface area contributed by atoms with Crippen LogP contribution in [0.25, 0.3) is 0 Å². The van der Waals surface area contributed by atoms with Gasteiger partial charge >= 0.3 is 6.09 Å². The molecule has 0 saturated carbocycles. The zero-order valence-electron chi connectivity index (χ0n) is 13.3. The van der Waals surface area contributed by atoms with Crippen LogP contribution in [-0.2, 0) is 11.3 Å². The van der Waals surface area contributed by atoms with Gasteiger partial charge in [-0.25, -0.2) is 4.79 Å². The molecule has 1 unspecified atom stereocenters. The van der Waals surface area contributed by atoms with Gasteiger partial charge in [-0.2, -0.15) is 0 Å². The highest BCUT2D eigenvalue weighted by Gasteiger charge is 2.46. The van der Waals surface area contributed by atoms with E-state index >= 15 is 0 Å². The van der Waals surface area contributed by atoms with E-state index in [1.54, 1.807) is 25.1 Å². The summed E-state index contributed by atoms with van der Waals surface area (Å²) in [7, 11) is 3.37. The van der Waals surface area contributed by atoms with Crippen molar-refractivity contribution in [2.45, 2.75) is 25.0 Å². The van der Waals surface area contributed by atoms with Crippen LogP contribution in [0.15, 0.2) is 12.1 Å². The van der Waals surface area contributed by atoms with Crippen molar-refractivity contribution in [3.05, 3.63) is 27.7 Å². The summed E-state index contributed by atoms with van der Waals surface area (Å²) < 4.78 is 11.0. The minimum absolute atomic E-state index is 0.241. The number of carbonyl (C=O) groups is 1. The van der Waals surface area contributed by atoms with Gasteiger partial charge in [0.15, 0.2) is 0 Å². The first-order valence-electron chi connectivity index (χ1n) is 7.61. The largest absolute Gasteiger partial charge is 0.495 e. The lowest BCUT2D eigenvalue weighted by Gasteiger charge is -2.38. The Bertz CT molecular complexity index is 626. The Kier molecular flexibility index (Phi) is 4.63. The minimum atomic E-state index is -0.403. The van der Waals surface area contributed by atoms with Gasteiger partial charge in [0.05, 0.1) is 18.7 Å². The van der Waals surface area contributed by atoms with Crippen molar-refractivity contribution >= 4 is 29.3 Å². The molecule has 0 aromatic heterocycles. The summed E-state index contributed by atoms with van der Waals surface area (Å²) >= 11 is 12.3. The van der Waals surface area contributed by atoms with E-state index in [0.29, 0.717) is 35.4 Å². The molecule has 3 rings (SSSR count). The minimum Gasteiger partial charge on any atom is -0.495 e. The Balaban J connectivity index is 1.77. The maximum Gasteiger partial charge on any atom is 0.410 e. The number of hydrogen-bond donors (Lipinski definition) is 0.